The van der Waals surface area contributed by atoms with Crippen LogP contribution in [0.5, 0.6) is 0 Å². The van der Waals surface area contributed by atoms with E-state index in [1.54, 1.807) is 28.8 Å². The van der Waals surface area contributed by atoms with Crippen LogP contribution in [0.4, 0.5) is 0 Å². The summed E-state index contributed by atoms with van der Waals surface area (Å²) in [5.74, 6) is -0.231. The summed E-state index contributed by atoms with van der Waals surface area (Å²) in [6.07, 6.45) is 2.15. The maximum atomic E-state index is 12.9. The first-order chi connectivity index (χ1) is 9.99. The van der Waals surface area contributed by atoms with E-state index in [0.29, 0.717) is 21.7 Å². The van der Waals surface area contributed by atoms with Crippen molar-refractivity contribution in [3.05, 3.63) is 32.7 Å². The number of amides is 1. The molecule has 2 fully saturated rings. The van der Waals surface area contributed by atoms with E-state index in [1.165, 1.54) is 0 Å². The second-order valence-electron chi connectivity index (χ2n) is 5.25. The molecule has 0 bridgehead atoms. The van der Waals surface area contributed by atoms with Gasteiger partial charge in [0.05, 0.1) is 10.9 Å². The standard InChI is InChI=1S/C14H13Br2NO3S/c15-8-3-4-10(16)9(5-8)12(18)17-11(14(19)20)6-21-13(17)7-1-2-7/h3-5,7,11,13H,1-2,6H2,(H,19,20). The van der Waals surface area contributed by atoms with Crippen molar-refractivity contribution >= 4 is 55.5 Å². The SMILES string of the molecule is O=C(O)C1CSC(C2CC2)N1C(=O)c1cc(Br)ccc1Br. The summed E-state index contributed by atoms with van der Waals surface area (Å²) in [6.45, 7) is 0. The van der Waals surface area contributed by atoms with Crippen LogP contribution in [0.25, 0.3) is 0 Å². The normalized spacial score (nSPS) is 25.1. The summed E-state index contributed by atoms with van der Waals surface area (Å²) < 4.78 is 1.49. The van der Waals surface area contributed by atoms with Crippen LogP contribution in [0.15, 0.2) is 27.1 Å². The fourth-order valence-electron chi connectivity index (χ4n) is 2.52. The minimum absolute atomic E-state index is 0.00974. The summed E-state index contributed by atoms with van der Waals surface area (Å²) in [4.78, 5) is 25.9. The zero-order valence-corrected chi connectivity index (χ0v) is 14.9. The Morgan fingerprint density at radius 1 is 1.29 bits per heavy atom. The molecule has 21 heavy (non-hydrogen) atoms. The molecule has 1 aromatic rings. The predicted octanol–water partition coefficient (Wildman–Crippen LogP) is 3.59. The van der Waals surface area contributed by atoms with Crippen molar-refractivity contribution in [1.29, 1.82) is 0 Å². The minimum Gasteiger partial charge on any atom is -0.480 e. The zero-order valence-electron chi connectivity index (χ0n) is 11.0. The fraction of sp³-hybridized carbons (Fsp3) is 0.429. The highest BCUT2D eigenvalue weighted by Gasteiger charge is 2.48. The number of carbonyl (C=O) groups is 2. The van der Waals surface area contributed by atoms with Crippen molar-refractivity contribution in [1.82, 2.24) is 4.90 Å². The van der Waals surface area contributed by atoms with Crippen LogP contribution in [0.2, 0.25) is 0 Å². The van der Waals surface area contributed by atoms with Crippen molar-refractivity contribution < 1.29 is 14.7 Å². The number of rotatable bonds is 3. The van der Waals surface area contributed by atoms with Crippen molar-refractivity contribution in [2.45, 2.75) is 24.3 Å². The molecule has 2 unspecified atom stereocenters. The second kappa shape index (κ2) is 5.93. The lowest BCUT2D eigenvalue weighted by atomic mass is 10.1. The van der Waals surface area contributed by atoms with Crippen molar-refractivity contribution in [2.75, 3.05) is 5.75 Å². The lowest BCUT2D eigenvalue weighted by Gasteiger charge is -2.28. The number of aliphatic carboxylic acids is 1. The monoisotopic (exact) mass is 433 g/mol. The molecular formula is C14H13Br2NO3S. The highest BCUT2D eigenvalue weighted by molar-refractivity contribution is 9.11. The maximum Gasteiger partial charge on any atom is 0.327 e. The maximum absolute atomic E-state index is 12.9. The average Bonchev–Trinajstić information content (AvgIpc) is 3.19. The van der Waals surface area contributed by atoms with Crippen molar-refractivity contribution in [3.8, 4) is 0 Å². The molecule has 2 aliphatic rings. The topological polar surface area (TPSA) is 57.6 Å². The molecule has 1 aromatic carbocycles. The van der Waals surface area contributed by atoms with Gasteiger partial charge in [-0.1, -0.05) is 15.9 Å². The van der Waals surface area contributed by atoms with Gasteiger partial charge in [-0.05, 0) is 52.9 Å². The lowest BCUT2D eigenvalue weighted by molar-refractivity contribution is -0.141. The van der Waals surface area contributed by atoms with Gasteiger partial charge in [0.1, 0.15) is 6.04 Å². The van der Waals surface area contributed by atoms with Gasteiger partial charge in [-0.25, -0.2) is 4.79 Å². The van der Waals surface area contributed by atoms with Crippen molar-refractivity contribution in [3.63, 3.8) is 0 Å². The zero-order chi connectivity index (χ0) is 15.1. The summed E-state index contributed by atoms with van der Waals surface area (Å²) in [7, 11) is 0. The van der Waals surface area contributed by atoms with E-state index in [9.17, 15) is 14.7 Å². The van der Waals surface area contributed by atoms with E-state index in [-0.39, 0.29) is 11.3 Å². The Morgan fingerprint density at radius 2 is 2.00 bits per heavy atom. The number of hydrogen-bond donors (Lipinski definition) is 1. The Bertz CT molecular complexity index is 606. The third-order valence-corrected chi connectivity index (χ3v) is 6.38. The van der Waals surface area contributed by atoms with Gasteiger partial charge in [0.25, 0.3) is 5.91 Å². The van der Waals surface area contributed by atoms with Crippen LogP contribution in [0, 0.1) is 5.92 Å². The number of carbonyl (C=O) groups excluding carboxylic acids is 1. The van der Waals surface area contributed by atoms with E-state index in [0.717, 1.165) is 17.3 Å². The molecule has 1 saturated heterocycles. The highest BCUT2D eigenvalue weighted by atomic mass is 79.9. The molecule has 1 N–H and O–H groups in total. The minimum atomic E-state index is -0.926. The van der Waals surface area contributed by atoms with Crippen LogP contribution >= 0.6 is 43.6 Å². The van der Waals surface area contributed by atoms with Gasteiger partial charge < -0.3 is 10.0 Å². The molecule has 7 heteroatoms. The number of thioether (sulfide) groups is 1. The van der Waals surface area contributed by atoms with Crippen LogP contribution in [0.3, 0.4) is 0 Å². The number of benzene rings is 1. The molecule has 2 atom stereocenters. The van der Waals surface area contributed by atoms with Crippen LogP contribution in [0.1, 0.15) is 23.2 Å². The molecule has 0 radical (unpaired) electrons. The molecule has 1 amide bonds. The molecule has 0 spiro atoms. The number of carboxylic acids is 1. The van der Waals surface area contributed by atoms with Gasteiger partial charge in [0.15, 0.2) is 0 Å². The van der Waals surface area contributed by atoms with E-state index >= 15 is 0 Å². The number of nitrogens with zero attached hydrogens (tertiary/aromatic N) is 1. The molecular weight excluding hydrogens is 422 g/mol. The van der Waals surface area contributed by atoms with Crippen LogP contribution in [-0.4, -0.2) is 39.1 Å². The Labute approximate surface area is 143 Å². The number of halogens is 2. The van der Waals surface area contributed by atoms with Gasteiger partial charge >= 0.3 is 5.97 Å². The molecule has 1 aliphatic carbocycles. The largest absolute Gasteiger partial charge is 0.480 e. The molecule has 4 nitrogen and oxygen atoms in total. The Balaban J connectivity index is 1.95. The van der Waals surface area contributed by atoms with E-state index in [4.69, 9.17) is 0 Å². The summed E-state index contributed by atoms with van der Waals surface area (Å²) in [5.41, 5.74) is 0.503. The van der Waals surface area contributed by atoms with E-state index < -0.39 is 12.0 Å². The van der Waals surface area contributed by atoms with Crippen LogP contribution < -0.4 is 0 Å². The molecule has 112 valence electrons. The summed E-state index contributed by atoms with van der Waals surface area (Å²) >= 11 is 8.33. The number of hydrogen-bond acceptors (Lipinski definition) is 3. The smallest absolute Gasteiger partial charge is 0.327 e. The average molecular weight is 435 g/mol. The van der Waals surface area contributed by atoms with Gasteiger partial charge in [0.2, 0.25) is 0 Å². The molecule has 1 aliphatic heterocycles. The van der Waals surface area contributed by atoms with Gasteiger partial charge in [0, 0.05) is 14.7 Å². The predicted molar refractivity (Wildman–Crippen MR) is 88.4 cm³/mol. The molecule has 3 rings (SSSR count). The highest BCUT2D eigenvalue weighted by Crippen LogP contribution is 2.46. The Hall–Kier alpha value is -0.530. The summed E-state index contributed by atoms with van der Waals surface area (Å²) in [5, 5.41) is 9.39. The first-order valence-electron chi connectivity index (χ1n) is 6.61. The van der Waals surface area contributed by atoms with Gasteiger partial charge in [-0.2, -0.15) is 0 Å². The first-order valence-corrected chi connectivity index (χ1v) is 9.24. The lowest BCUT2D eigenvalue weighted by Crippen LogP contribution is -2.46. The van der Waals surface area contributed by atoms with E-state index in [1.807, 2.05) is 6.07 Å². The number of carboxylic acid groups (broad SMARTS) is 1. The third kappa shape index (κ3) is 3.00. The molecule has 1 saturated carbocycles. The molecule has 1 heterocycles. The van der Waals surface area contributed by atoms with Gasteiger partial charge in [-0.15, -0.1) is 11.8 Å². The Kier molecular flexibility index (Phi) is 4.34. The molecule has 0 aromatic heterocycles. The Morgan fingerprint density at radius 3 is 2.62 bits per heavy atom. The summed E-state index contributed by atoms with van der Waals surface area (Å²) in [6, 6.07) is 4.63. The fourth-order valence-corrected chi connectivity index (χ4v) is 4.93. The third-order valence-electron chi connectivity index (χ3n) is 3.74. The quantitative estimate of drug-likeness (QED) is 0.789. The second-order valence-corrected chi connectivity index (χ2v) is 8.17. The van der Waals surface area contributed by atoms with Crippen LogP contribution in [-0.2, 0) is 4.79 Å². The van der Waals surface area contributed by atoms with Gasteiger partial charge in [-0.3, -0.25) is 4.79 Å². The van der Waals surface area contributed by atoms with E-state index in [2.05, 4.69) is 31.9 Å². The van der Waals surface area contributed by atoms with Crippen molar-refractivity contribution in [2.24, 2.45) is 5.92 Å². The first kappa shape index (κ1) is 15.4.